The molecule has 1 heterocycles. The predicted molar refractivity (Wildman–Crippen MR) is 108 cm³/mol. The maximum atomic E-state index is 12.5. The highest BCUT2D eigenvalue weighted by Gasteiger charge is 2.16. The van der Waals surface area contributed by atoms with Gasteiger partial charge in [0.1, 0.15) is 10.8 Å². The summed E-state index contributed by atoms with van der Waals surface area (Å²) in [5, 5.41) is 13.7. The normalized spacial score (nSPS) is 10.8. The minimum atomic E-state index is -0.624. The molecule has 7 nitrogen and oxygen atoms in total. The van der Waals surface area contributed by atoms with Crippen LogP contribution in [0.5, 0.6) is 0 Å². The van der Waals surface area contributed by atoms with Crippen LogP contribution < -0.4 is 5.32 Å². The number of anilines is 1. The predicted octanol–water partition coefficient (Wildman–Crippen LogP) is 5.04. The number of nitrogens with zero attached hydrogens (tertiary/aromatic N) is 2. The van der Waals surface area contributed by atoms with E-state index in [2.05, 4.69) is 15.3 Å². The topological polar surface area (TPSA) is 101 Å². The third kappa shape index (κ3) is 3.43. The summed E-state index contributed by atoms with van der Waals surface area (Å²) >= 11 is 5.79. The van der Waals surface area contributed by atoms with Gasteiger partial charge in [0.2, 0.25) is 0 Å². The highest BCUT2D eigenvalue weighted by molar-refractivity contribution is 6.32. The second-order valence-electron chi connectivity index (χ2n) is 6.06. The fourth-order valence-corrected chi connectivity index (χ4v) is 3.02. The molecule has 0 aliphatic rings. The fourth-order valence-electron chi connectivity index (χ4n) is 2.83. The van der Waals surface area contributed by atoms with Crippen LogP contribution in [0.15, 0.2) is 66.7 Å². The Labute approximate surface area is 164 Å². The van der Waals surface area contributed by atoms with Crippen LogP contribution in [0.25, 0.3) is 22.4 Å². The van der Waals surface area contributed by atoms with Gasteiger partial charge in [0.25, 0.3) is 11.6 Å². The van der Waals surface area contributed by atoms with Crippen molar-refractivity contribution in [1.82, 2.24) is 9.97 Å². The zero-order valence-electron chi connectivity index (χ0n) is 14.3. The summed E-state index contributed by atoms with van der Waals surface area (Å²) in [4.78, 5) is 30.7. The van der Waals surface area contributed by atoms with E-state index in [1.807, 2.05) is 30.3 Å². The SMILES string of the molecule is O=C(Nc1cccc(-c2nc3ccccc3[nH]2)c1)c1ccc(Cl)c([N+](=O)[O-])c1. The van der Waals surface area contributed by atoms with E-state index < -0.39 is 10.8 Å². The third-order valence-corrected chi connectivity index (χ3v) is 4.51. The van der Waals surface area contributed by atoms with E-state index in [0.717, 1.165) is 22.7 Å². The number of rotatable bonds is 4. The van der Waals surface area contributed by atoms with Gasteiger partial charge in [0.15, 0.2) is 0 Å². The molecule has 8 heteroatoms. The summed E-state index contributed by atoms with van der Waals surface area (Å²) in [6.45, 7) is 0. The summed E-state index contributed by atoms with van der Waals surface area (Å²) in [5.74, 6) is 0.209. The number of amides is 1. The van der Waals surface area contributed by atoms with Gasteiger partial charge in [0, 0.05) is 22.9 Å². The monoisotopic (exact) mass is 392 g/mol. The molecular formula is C20H13ClN4O3. The molecule has 3 aromatic carbocycles. The van der Waals surface area contributed by atoms with Crippen LogP contribution in [0.2, 0.25) is 5.02 Å². The van der Waals surface area contributed by atoms with E-state index in [9.17, 15) is 14.9 Å². The van der Waals surface area contributed by atoms with Gasteiger partial charge in [-0.3, -0.25) is 14.9 Å². The first-order valence-corrected chi connectivity index (χ1v) is 8.69. The van der Waals surface area contributed by atoms with Crippen molar-refractivity contribution in [2.45, 2.75) is 0 Å². The quantitative estimate of drug-likeness (QED) is 0.375. The number of carbonyl (C=O) groups is 1. The Hall–Kier alpha value is -3.71. The van der Waals surface area contributed by atoms with Crippen LogP contribution in [0.3, 0.4) is 0 Å². The number of imidazole rings is 1. The number of hydrogen-bond acceptors (Lipinski definition) is 4. The maximum absolute atomic E-state index is 12.5. The number of nitrogens with one attached hydrogen (secondary N) is 2. The molecule has 0 atom stereocenters. The smallest absolute Gasteiger partial charge is 0.288 e. The highest BCUT2D eigenvalue weighted by Crippen LogP contribution is 2.26. The second-order valence-corrected chi connectivity index (χ2v) is 6.47. The average molecular weight is 393 g/mol. The molecule has 0 unspecified atom stereocenters. The summed E-state index contributed by atoms with van der Waals surface area (Å²) in [6, 6.07) is 18.8. The van der Waals surface area contributed by atoms with Crippen molar-refractivity contribution in [3.05, 3.63) is 87.4 Å². The van der Waals surface area contributed by atoms with Gasteiger partial charge in [-0.05, 0) is 36.4 Å². The van der Waals surface area contributed by atoms with E-state index >= 15 is 0 Å². The van der Waals surface area contributed by atoms with Crippen molar-refractivity contribution in [2.24, 2.45) is 0 Å². The fraction of sp³-hybridized carbons (Fsp3) is 0. The molecular weight excluding hydrogens is 380 g/mol. The van der Waals surface area contributed by atoms with Crippen molar-refractivity contribution < 1.29 is 9.72 Å². The molecule has 138 valence electrons. The number of H-pyrrole nitrogens is 1. The molecule has 4 rings (SSSR count). The summed E-state index contributed by atoms with van der Waals surface area (Å²) < 4.78 is 0. The number of nitro benzene ring substituents is 1. The van der Waals surface area contributed by atoms with E-state index in [1.165, 1.54) is 12.1 Å². The van der Waals surface area contributed by atoms with Crippen molar-refractivity contribution in [3.63, 3.8) is 0 Å². The van der Waals surface area contributed by atoms with Gasteiger partial charge in [0.05, 0.1) is 16.0 Å². The lowest BCUT2D eigenvalue weighted by Gasteiger charge is -2.07. The second kappa shape index (κ2) is 7.13. The van der Waals surface area contributed by atoms with Crippen molar-refractivity contribution in [1.29, 1.82) is 0 Å². The number of aromatic nitrogens is 2. The molecule has 2 N–H and O–H groups in total. The first kappa shape index (κ1) is 17.7. The molecule has 0 aliphatic carbocycles. The molecule has 0 saturated carbocycles. The number of carbonyl (C=O) groups excluding carboxylic acids is 1. The number of para-hydroxylation sites is 2. The van der Waals surface area contributed by atoms with Gasteiger partial charge < -0.3 is 10.3 Å². The van der Waals surface area contributed by atoms with Crippen LogP contribution in [-0.4, -0.2) is 20.8 Å². The molecule has 0 bridgehead atoms. The van der Waals surface area contributed by atoms with Crippen LogP contribution in [0, 0.1) is 10.1 Å². The third-order valence-electron chi connectivity index (χ3n) is 4.19. The summed E-state index contributed by atoms with van der Waals surface area (Å²) in [6.07, 6.45) is 0. The van der Waals surface area contributed by atoms with E-state index in [1.54, 1.807) is 18.2 Å². The molecule has 1 amide bonds. The Kier molecular flexibility index (Phi) is 4.50. The lowest BCUT2D eigenvalue weighted by Crippen LogP contribution is -2.12. The molecule has 0 saturated heterocycles. The molecule has 0 spiro atoms. The standard InChI is InChI=1S/C20H13ClN4O3/c21-15-9-8-13(11-18(15)25(27)28)20(26)22-14-5-3-4-12(10-14)19-23-16-6-1-2-7-17(16)24-19/h1-11H,(H,22,26)(H,23,24). The van der Waals surface area contributed by atoms with E-state index in [0.29, 0.717) is 11.5 Å². The van der Waals surface area contributed by atoms with Gasteiger partial charge in [-0.25, -0.2) is 4.98 Å². The lowest BCUT2D eigenvalue weighted by molar-refractivity contribution is -0.384. The van der Waals surface area contributed by atoms with E-state index in [-0.39, 0.29) is 16.3 Å². The van der Waals surface area contributed by atoms with Gasteiger partial charge in [-0.2, -0.15) is 0 Å². The highest BCUT2D eigenvalue weighted by atomic mass is 35.5. The average Bonchev–Trinajstić information content (AvgIpc) is 3.12. The Balaban J connectivity index is 1.60. The zero-order chi connectivity index (χ0) is 19.7. The largest absolute Gasteiger partial charge is 0.338 e. The summed E-state index contributed by atoms with van der Waals surface area (Å²) in [5.41, 5.74) is 2.94. The van der Waals surface area contributed by atoms with Crippen LogP contribution in [0.4, 0.5) is 11.4 Å². The van der Waals surface area contributed by atoms with Gasteiger partial charge in [-0.15, -0.1) is 0 Å². The Bertz CT molecular complexity index is 1190. The van der Waals surface area contributed by atoms with Crippen LogP contribution in [-0.2, 0) is 0 Å². The van der Waals surface area contributed by atoms with Crippen molar-refractivity contribution in [3.8, 4) is 11.4 Å². The molecule has 28 heavy (non-hydrogen) atoms. The molecule has 4 aromatic rings. The van der Waals surface area contributed by atoms with Crippen molar-refractivity contribution >= 4 is 39.9 Å². The molecule has 0 radical (unpaired) electrons. The molecule has 1 aromatic heterocycles. The number of fused-ring (bicyclic) bond motifs is 1. The number of aromatic amines is 1. The first-order chi connectivity index (χ1) is 13.5. The van der Waals surface area contributed by atoms with Gasteiger partial charge in [-0.1, -0.05) is 35.9 Å². The lowest BCUT2D eigenvalue weighted by atomic mass is 10.1. The van der Waals surface area contributed by atoms with E-state index in [4.69, 9.17) is 11.6 Å². The molecule has 0 fully saturated rings. The van der Waals surface area contributed by atoms with Gasteiger partial charge >= 0.3 is 0 Å². The van der Waals surface area contributed by atoms with Crippen LogP contribution >= 0.6 is 11.6 Å². The zero-order valence-corrected chi connectivity index (χ0v) is 15.1. The minimum absolute atomic E-state index is 0.0200. The first-order valence-electron chi connectivity index (χ1n) is 8.32. The Morgan fingerprint density at radius 1 is 1.07 bits per heavy atom. The van der Waals surface area contributed by atoms with Crippen LogP contribution in [0.1, 0.15) is 10.4 Å². The Morgan fingerprint density at radius 3 is 2.68 bits per heavy atom. The number of benzene rings is 3. The summed E-state index contributed by atoms with van der Waals surface area (Å²) in [7, 11) is 0. The number of halogens is 1. The minimum Gasteiger partial charge on any atom is -0.338 e. The molecule has 0 aliphatic heterocycles. The Morgan fingerprint density at radius 2 is 1.89 bits per heavy atom. The van der Waals surface area contributed by atoms with Crippen molar-refractivity contribution in [2.75, 3.05) is 5.32 Å². The maximum Gasteiger partial charge on any atom is 0.288 e. The number of nitro groups is 1. The number of hydrogen-bond donors (Lipinski definition) is 2.